The Balaban J connectivity index is 1.41. The average molecular weight is 458 g/mol. The fraction of sp³-hybridized carbons (Fsp3) is 0.185. The van der Waals surface area contributed by atoms with Crippen LogP contribution in [0.25, 0.3) is 22.6 Å². The number of rotatable bonds is 5. The molecular weight excluding hydrogens is 434 g/mol. The predicted octanol–water partition coefficient (Wildman–Crippen LogP) is 4.86. The summed E-state index contributed by atoms with van der Waals surface area (Å²) in [6, 6.07) is 22.4. The van der Waals surface area contributed by atoms with Crippen LogP contribution in [0.15, 0.2) is 72.9 Å². The summed E-state index contributed by atoms with van der Waals surface area (Å²) in [4.78, 5) is 21.6. The number of aliphatic hydroxyl groups excluding tert-OH is 1. The number of aromatic nitrogens is 2. The number of H-pyrrole nitrogens is 1. The third-order valence-corrected chi connectivity index (χ3v) is 6.52. The van der Waals surface area contributed by atoms with Crippen molar-refractivity contribution in [3.05, 3.63) is 100 Å². The molecule has 5 nitrogen and oxygen atoms in total. The third-order valence-electron chi connectivity index (χ3n) is 6.19. The largest absolute Gasteiger partial charge is 0.387 e. The first-order valence-corrected chi connectivity index (χ1v) is 11.4. The summed E-state index contributed by atoms with van der Waals surface area (Å²) in [5.74, 6) is 0.524. The van der Waals surface area contributed by atoms with Crippen molar-refractivity contribution in [3.8, 4) is 22.6 Å². The quantitative estimate of drug-likeness (QED) is 0.449. The zero-order chi connectivity index (χ0) is 22.8. The zero-order valence-electron chi connectivity index (χ0n) is 18.1. The second kappa shape index (κ2) is 9.22. The number of halogens is 1. The number of aliphatic hydroxyl groups is 1. The van der Waals surface area contributed by atoms with Gasteiger partial charge in [0, 0.05) is 18.7 Å². The third kappa shape index (κ3) is 4.42. The minimum atomic E-state index is -0.443. The number of hydrogen-bond acceptors (Lipinski definition) is 3. The first-order chi connectivity index (χ1) is 16.1. The van der Waals surface area contributed by atoms with Crippen molar-refractivity contribution >= 4 is 17.5 Å². The van der Waals surface area contributed by atoms with Gasteiger partial charge in [0.05, 0.1) is 16.9 Å². The van der Waals surface area contributed by atoms with E-state index in [1.807, 2.05) is 48.7 Å². The van der Waals surface area contributed by atoms with Gasteiger partial charge < -0.3 is 15.0 Å². The summed E-state index contributed by atoms with van der Waals surface area (Å²) < 4.78 is 0. The molecule has 6 heteroatoms. The molecule has 0 unspecified atom stereocenters. The monoisotopic (exact) mass is 457 g/mol. The van der Waals surface area contributed by atoms with Crippen LogP contribution in [-0.4, -0.2) is 39.0 Å². The maximum atomic E-state index is 11.9. The Morgan fingerprint density at radius 1 is 1.09 bits per heavy atom. The van der Waals surface area contributed by atoms with Crippen LogP contribution in [0.2, 0.25) is 5.02 Å². The van der Waals surface area contributed by atoms with Crippen LogP contribution in [0.1, 0.15) is 22.3 Å². The van der Waals surface area contributed by atoms with Gasteiger partial charge in [-0.15, -0.1) is 0 Å². The highest BCUT2D eigenvalue weighted by Crippen LogP contribution is 2.31. The van der Waals surface area contributed by atoms with Crippen LogP contribution >= 0.6 is 11.6 Å². The SMILES string of the molecule is O=C(CO)N1CCc2c(Cc3ccc(Cl)c(-c4ncc(-c5ccccc5)[nH]4)c3)cccc2C1. The maximum Gasteiger partial charge on any atom is 0.248 e. The Hall–Kier alpha value is -3.41. The summed E-state index contributed by atoms with van der Waals surface area (Å²) in [6.07, 6.45) is 3.39. The van der Waals surface area contributed by atoms with Gasteiger partial charge in [0.15, 0.2) is 0 Å². The normalized spacial score (nSPS) is 13.1. The highest BCUT2D eigenvalue weighted by atomic mass is 35.5. The van der Waals surface area contributed by atoms with Gasteiger partial charge in [-0.1, -0.05) is 66.2 Å². The zero-order valence-corrected chi connectivity index (χ0v) is 18.8. The highest BCUT2D eigenvalue weighted by Gasteiger charge is 2.22. The molecule has 2 heterocycles. The molecule has 3 aromatic carbocycles. The molecule has 0 saturated heterocycles. The molecule has 0 saturated carbocycles. The van der Waals surface area contributed by atoms with Crippen LogP contribution in [0, 0.1) is 0 Å². The van der Waals surface area contributed by atoms with E-state index >= 15 is 0 Å². The van der Waals surface area contributed by atoms with Crippen molar-refractivity contribution in [2.45, 2.75) is 19.4 Å². The summed E-state index contributed by atoms with van der Waals surface area (Å²) in [6.45, 7) is 0.731. The Morgan fingerprint density at radius 3 is 2.76 bits per heavy atom. The number of imidazole rings is 1. The van der Waals surface area contributed by atoms with E-state index in [0.29, 0.717) is 18.1 Å². The predicted molar refractivity (Wildman–Crippen MR) is 130 cm³/mol. The van der Waals surface area contributed by atoms with Gasteiger partial charge >= 0.3 is 0 Å². The Bertz CT molecular complexity index is 1300. The second-order valence-corrected chi connectivity index (χ2v) is 8.69. The minimum absolute atomic E-state index is 0.221. The number of carbonyl (C=O) groups excluding carboxylic acids is 1. The van der Waals surface area contributed by atoms with Gasteiger partial charge in [-0.3, -0.25) is 4.79 Å². The molecule has 166 valence electrons. The average Bonchev–Trinajstić information content (AvgIpc) is 3.35. The van der Waals surface area contributed by atoms with E-state index in [9.17, 15) is 9.90 Å². The Morgan fingerprint density at radius 2 is 1.94 bits per heavy atom. The lowest BCUT2D eigenvalue weighted by Crippen LogP contribution is -2.37. The van der Waals surface area contributed by atoms with Crippen molar-refractivity contribution in [2.75, 3.05) is 13.2 Å². The molecule has 1 aliphatic rings. The molecule has 2 N–H and O–H groups in total. The van der Waals surface area contributed by atoms with Gasteiger partial charge in [0.2, 0.25) is 5.91 Å². The van der Waals surface area contributed by atoms with Crippen LogP contribution < -0.4 is 0 Å². The number of amides is 1. The lowest BCUT2D eigenvalue weighted by molar-refractivity contribution is -0.135. The fourth-order valence-electron chi connectivity index (χ4n) is 4.47. The Kier molecular flexibility index (Phi) is 5.99. The van der Waals surface area contributed by atoms with Gasteiger partial charge in [-0.25, -0.2) is 4.98 Å². The molecule has 0 fully saturated rings. The van der Waals surface area contributed by atoms with Crippen molar-refractivity contribution in [3.63, 3.8) is 0 Å². The molecule has 0 bridgehead atoms. The number of benzene rings is 3. The molecule has 0 aliphatic carbocycles. The minimum Gasteiger partial charge on any atom is -0.387 e. The first kappa shape index (κ1) is 21.4. The number of nitrogens with one attached hydrogen (secondary N) is 1. The van der Waals surface area contributed by atoms with Crippen molar-refractivity contribution in [1.29, 1.82) is 0 Å². The maximum absolute atomic E-state index is 11.9. The van der Waals surface area contributed by atoms with Crippen molar-refractivity contribution in [2.24, 2.45) is 0 Å². The lowest BCUT2D eigenvalue weighted by Gasteiger charge is -2.30. The molecule has 1 amide bonds. The second-order valence-electron chi connectivity index (χ2n) is 8.28. The van der Waals surface area contributed by atoms with Crippen LogP contribution in [0.5, 0.6) is 0 Å². The van der Waals surface area contributed by atoms with E-state index < -0.39 is 6.61 Å². The number of nitrogens with zero attached hydrogens (tertiary/aromatic N) is 2. The number of fused-ring (bicyclic) bond motifs is 1. The summed E-state index contributed by atoms with van der Waals surface area (Å²) in [7, 11) is 0. The van der Waals surface area contributed by atoms with E-state index in [0.717, 1.165) is 46.6 Å². The summed E-state index contributed by atoms with van der Waals surface area (Å²) >= 11 is 6.55. The van der Waals surface area contributed by atoms with E-state index in [1.54, 1.807) is 4.90 Å². The number of carbonyl (C=O) groups is 1. The van der Waals surface area contributed by atoms with Crippen LogP contribution in [0.3, 0.4) is 0 Å². The van der Waals surface area contributed by atoms with Gasteiger partial charge in [-0.05, 0) is 52.8 Å². The molecule has 1 aromatic heterocycles. The fourth-order valence-corrected chi connectivity index (χ4v) is 4.68. The first-order valence-electron chi connectivity index (χ1n) is 11.0. The summed E-state index contributed by atoms with van der Waals surface area (Å²) in [5.41, 5.74) is 7.74. The van der Waals surface area contributed by atoms with Crippen LogP contribution in [0.4, 0.5) is 0 Å². The smallest absolute Gasteiger partial charge is 0.248 e. The molecule has 0 radical (unpaired) electrons. The number of aromatic amines is 1. The number of hydrogen-bond donors (Lipinski definition) is 2. The van der Waals surface area contributed by atoms with Crippen LogP contribution in [-0.2, 0) is 24.2 Å². The molecule has 33 heavy (non-hydrogen) atoms. The molecule has 1 aliphatic heterocycles. The lowest BCUT2D eigenvalue weighted by atomic mass is 9.90. The van der Waals surface area contributed by atoms with Crippen molar-refractivity contribution in [1.82, 2.24) is 14.9 Å². The molecule has 0 spiro atoms. The van der Waals surface area contributed by atoms with E-state index in [4.69, 9.17) is 11.6 Å². The van der Waals surface area contributed by atoms with E-state index in [-0.39, 0.29) is 5.91 Å². The standard InChI is InChI=1S/C27H24ClN3O2/c28-24-10-9-18(14-23(24)27-29-15-25(30-27)19-5-2-1-3-6-19)13-20-7-4-8-21-16-31(26(33)17-32)12-11-22(20)21/h1-10,14-15,32H,11-13,16-17H2,(H,29,30). The van der Waals surface area contributed by atoms with E-state index in [2.05, 4.69) is 34.2 Å². The highest BCUT2D eigenvalue weighted by molar-refractivity contribution is 6.33. The van der Waals surface area contributed by atoms with Crippen molar-refractivity contribution < 1.29 is 9.90 Å². The topological polar surface area (TPSA) is 69.2 Å². The molecule has 0 atom stereocenters. The van der Waals surface area contributed by atoms with Gasteiger partial charge in [-0.2, -0.15) is 0 Å². The van der Waals surface area contributed by atoms with Gasteiger partial charge in [0.1, 0.15) is 12.4 Å². The Labute approximate surface area is 197 Å². The molecule has 4 aromatic rings. The molecular formula is C27H24ClN3O2. The van der Waals surface area contributed by atoms with E-state index in [1.165, 1.54) is 11.1 Å². The van der Waals surface area contributed by atoms with Gasteiger partial charge in [0.25, 0.3) is 0 Å². The molecule has 5 rings (SSSR count). The summed E-state index contributed by atoms with van der Waals surface area (Å²) in [5, 5.41) is 9.84.